The Bertz CT molecular complexity index is 472. The summed E-state index contributed by atoms with van der Waals surface area (Å²) in [5, 5.41) is 5.36. The Morgan fingerprint density at radius 2 is 2.40 bits per heavy atom. The van der Waals surface area contributed by atoms with Crippen LogP contribution in [0.5, 0.6) is 0 Å². The standard InChI is InChI=1S/C9H6FN3OS/c10-7-2-1-3-11-9(7)8(14)4-6-5-15-13-12-6/h1-3,5H,4H2. The summed E-state index contributed by atoms with van der Waals surface area (Å²) in [5.74, 6) is -0.994. The maximum atomic E-state index is 13.2. The number of rotatable bonds is 3. The molecule has 0 saturated carbocycles. The lowest BCUT2D eigenvalue weighted by Crippen LogP contribution is -2.08. The van der Waals surface area contributed by atoms with Crippen LogP contribution in [0.3, 0.4) is 0 Å². The van der Waals surface area contributed by atoms with E-state index in [4.69, 9.17) is 0 Å². The second-order valence-electron chi connectivity index (χ2n) is 2.83. The third-order valence-electron chi connectivity index (χ3n) is 1.77. The smallest absolute Gasteiger partial charge is 0.190 e. The van der Waals surface area contributed by atoms with Crippen LogP contribution in [-0.2, 0) is 6.42 Å². The van der Waals surface area contributed by atoms with Gasteiger partial charge in [0.15, 0.2) is 11.6 Å². The molecule has 2 aromatic rings. The van der Waals surface area contributed by atoms with Gasteiger partial charge in [0, 0.05) is 11.6 Å². The van der Waals surface area contributed by atoms with Gasteiger partial charge in [0.25, 0.3) is 0 Å². The van der Waals surface area contributed by atoms with Gasteiger partial charge in [-0.05, 0) is 23.7 Å². The summed E-state index contributed by atoms with van der Waals surface area (Å²) in [7, 11) is 0. The van der Waals surface area contributed by atoms with Gasteiger partial charge in [-0.3, -0.25) is 9.78 Å². The zero-order chi connectivity index (χ0) is 10.7. The van der Waals surface area contributed by atoms with Crippen LogP contribution in [0.25, 0.3) is 0 Å². The van der Waals surface area contributed by atoms with Gasteiger partial charge < -0.3 is 0 Å². The molecule has 6 heteroatoms. The third kappa shape index (κ3) is 2.21. The molecule has 0 aliphatic rings. The van der Waals surface area contributed by atoms with Gasteiger partial charge in [-0.2, -0.15) is 0 Å². The number of Topliss-reactive ketones (excluding diaryl/α,β-unsaturated/α-hetero) is 1. The SMILES string of the molecule is O=C(Cc1csnn1)c1ncccc1F. The number of hydrogen-bond acceptors (Lipinski definition) is 5. The van der Waals surface area contributed by atoms with Crippen molar-refractivity contribution < 1.29 is 9.18 Å². The second kappa shape index (κ2) is 4.22. The van der Waals surface area contributed by atoms with Crippen LogP contribution >= 0.6 is 11.5 Å². The minimum Gasteiger partial charge on any atom is -0.292 e. The Labute approximate surface area is 89.0 Å². The van der Waals surface area contributed by atoms with E-state index < -0.39 is 5.82 Å². The average molecular weight is 223 g/mol. The van der Waals surface area contributed by atoms with Gasteiger partial charge in [-0.1, -0.05) is 4.49 Å². The summed E-state index contributed by atoms with van der Waals surface area (Å²) in [6.07, 6.45) is 1.42. The van der Waals surface area contributed by atoms with Crippen molar-refractivity contribution in [1.82, 2.24) is 14.6 Å². The monoisotopic (exact) mass is 223 g/mol. The molecule has 0 aliphatic heterocycles. The van der Waals surface area contributed by atoms with E-state index in [1.165, 1.54) is 18.3 Å². The van der Waals surface area contributed by atoms with Gasteiger partial charge in [-0.15, -0.1) is 5.10 Å². The topological polar surface area (TPSA) is 55.7 Å². The number of hydrogen-bond donors (Lipinski definition) is 0. The molecule has 0 aromatic carbocycles. The van der Waals surface area contributed by atoms with Crippen LogP contribution in [0.2, 0.25) is 0 Å². The van der Waals surface area contributed by atoms with Crippen molar-refractivity contribution in [3.8, 4) is 0 Å². The first-order valence-corrected chi connectivity index (χ1v) is 5.00. The minimum absolute atomic E-state index is 0.0322. The van der Waals surface area contributed by atoms with Crippen molar-refractivity contribution in [2.75, 3.05) is 0 Å². The first kappa shape index (κ1) is 9.85. The van der Waals surface area contributed by atoms with Gasteiger partial charge in [-0.25, -0.2) is 4.39 Å². The highest BCUT2D eigenvalue weighted by Gasteiger charge is 2.14. The lowest BCUT2D eigenvalue weighted by Gasteiger charge is -1.98. The fourth-order valence-corrected chi connectivity index (χ4v) is 1.55. The van der Waals surface area contributed by atoms with Crippen molar-refractivity contribution >= 4 is 17.3 Å². The molecule has 0 saturated heterocycles. The van der Waals surface area contributed by atoms with E-state index in [-0.39, 0.29) is 17.9 Å². The largest absolute Gasteiger partial charge is 0.292 e. The number of aromatic nitrogens is 3. The van der Waals surface area contributed by atoms with E-state index in [1.807, 2.05) is 0 Å². The van der Waals surface area contributed by atoms with Crippen LogP contribution in [0.15, 0.2) is 23.7 Å². The molecular formula is C9H6FN3OS. The molecule has 0 fully saturated rings. The first-order chi connectivity index (χ1) is 7.27. The summed E-state index contributed by atoms with van der Waals surface area (Å²) in [4.78, 5) is 15.3. The predicted octanol–water partition coefficient (Wildman–Crippen LogP) is 1.50. The zero-order valence-corrected chi connectivity index (χ0v) is 8.37. The number of pyridine rings is 1. The number of carbonyl (C=O) groups is 1. The highest BCUT2D eigenvalue weighted by molar-refractivity contribution is 7.03. The Morgan fingerprint density at radius 1 is 1.53 bits per heavy atom. The van der Waals surface area contributed by atoms with E-state index >= 15 is 0 Å². The maximum absolute atomic E-state index is 13.2. The summed E-state index contributed by atoms with van der Waals surface area (Å²) < 4.78 is 16.8. The fourth-order valence-electron chi connectivity index (χ4n) is 1.10. The van der Waals surface area contributed by atoms with Crippen LogP contribution in [0.1, 0.15) is 16.2 Å². The third-order valence-corrected chi connectivity index (χ3v) is 2.32. The van der Waals surface area contributed by atoms with Crippen molar-refractivity contribution in [2.24, 2.45) is 0 Å². The molecule has 0 unspecified atom stereocenters. The molecule has 0 atom stereocenters. The Kier molecular flexibility index (Phi) is 2.77. The van der Waals surface area contributed by atoms with E-state index in [0.717, 1.165) is 11.5 Å². The Balaban J connectivity index is 2.19. The second-order valence-corrected chi connectivity index (χ2v) is 3.44. The van der Waals surface area contributed by atoms with E-state index in [9.17, 15) is 9.18 Å². The molecule has 2 heterocycles. The molecule has 4 nitrogen and oxygen atoms in total. The van der Waals surface area contributed by atoms with Crippen molar-refractivity contribution in [1.29, 1.82) is 0 Å². The quantitative estimate of drug-likeness (QED) is 0.740. The highest BCUT2D eigenvalue weighted by atomic mass is 32.1. The van der Waals surface area contributed by atoms with E-state index in [0.29, 0.717) is 5.69 Å². The number of nitrogens with zero attached hydrogens (tertiary/aromatic N) is 3. The number of ketones is 1. The lowest BCUT2D eigenvalue weighted by atomic mass is 10.1. The number of halogens is 1. The van der Waals surface area contributed by atoms with Crippen LogP contribution in [0, 0.1) is 5.82 Å². The first-order valence-electron chi connectivity index (χ1n) is 4.17. The molecule has 0 spiro atoms. The fraction of sp³-hybridized carbons (Fsp3) is 0.111. The molecular weight excluding hydrogens is 217 g/mol. The molecule has 0 amide bonds. The maximum Gasteiger partial charge on any atom is 0.190 e. The Hall–Kier alpha value is -1.69. The summed E-state index contributed by atoms with van der Waals surface area (Å²) >= 11 is 1.15. The van der Waals surface area contributed by atoms with Gasteiger partial charge in [0.2, 0.25) is 0 Å². The number of carbonyl (C=O) groups excluding carboxylic acids is 1. The molecule has 0 N–H and O–H groups in total. The van der Waals surface area contributed by atoms with E-state index in [1.54, 1.807) is 5.38 Å². The van der Waals surface area contributed by atoms with Crippen molar-refractivity contribution in [3.05, 3.63) is 40.9 Å². The lowest BCUT2D eigenvalue weighted by molar-refractivity contribution is 0.0983. The van der Waals surface area contributed by atoms with Crippen LogP contribution in [-0.4, -0.2) is 20.4 Å². The minimum atomic E-state index is -0.606. The van der Waals surface area contributed by atoms with Gasteiger partial charge >= 0.3 is 0 Å². The average Bonchev–Trinajstić information content (AvgIpc) is 2.71. The van der Waals surface area contributed by atoms with Crippen LogP contribution < -0.4 is 0 Å². The molecule has 15 heavy (non-hydrogen) atoms. The normalized spacial score (nSPS) is 10.2. The molecule has 76 valence electrons. The Morgan fingerprint density at radius 3 is 3.07 bits per heavy atom. The summed E-state index contributed by atoms with van der Waals surface area (Å²) in [6.45, 7) is 0. The van der Waals surface area contributed by atoms with E-state index in [2.05, 4.69) is 14.6 Å². The molecule has 0 radical (unpaired) electrons. The van der Waals surface area contributed by atoms with Crippen molar-refractivity contribution in [3.63, 3.8) is 0 Å². The predicted molar refractivity (Wildman–Crippen MR) is 52.1 cm³/mol. The van der Waals surface area contributed by atoms with Crippen LogP contribution in [0.4, 0.5) is 4.39 Å². The highest BCUT2D eigenvalue weighted by Crippen LogP contribution is 2.07. The van der Waals surface area contributed by atoms with Crippen molar-refractivity contribution in [2.45, 2.75) is 6.42 Å². The summed E-state index contributed by atoms with van der Waals surface area (Å²) in [6, 6.07) is 2.65. The molecule has 0 bridgehead atoms. The van der Waals surface area contributed by atoms with Gasteiger partial charge in [0.1, 0.15) is 5.69 Å². The molecule has 0 aliphatic carbocycles. The zero-order valence-electron chi connectivity index (χ0n) is 7.55. The van der Waals surface area contributed by atoms with Gasteiger partial charge in [0.05, 0.1) is 12.1 Å². The molecule has 2 aromatic heterocycles. The molecule has 2 rings (SSSR count). The summed E-state index contributed by atoms with van der Waals surface area (Å²) in [5.41, 5.74) is 0.389.